The van der Waals surface area contributed by atoms with Crippen LogP contribution in [-0.4, -0.2) is 84.5 Å². The van der Waals surface area contributed by atoms with Gasteiger partial charge < -0.3 is 19.7 Å². The number of guanidine groups is 1. The van der Waals surface area contributed by atoms with Gasteiger partial charge in [-0.15, -0.1) is 0 Å². The number of nitrogens with zero attached hydrogens (tertiary/aromatic N) is 5. The van der Waals surface area contributed by atoms with Crippen LogP contribution in [0.15, 0.2) is 40.5 Å². The third-order valence-electron chi connectivity index (χ3n) is 6.75. The highest BCUT2D eigenvalue weighted by molar-refractivity contribution is 7.89. The summed E-state index contributed by atoms with van der Waals surface area (Å²) >= 11 is 0. The van der Waals surface area contributed by atoms with Crippen molar-refractivity contribution >= 4 is 33.7 Å². The summed E-state index contributed by atoms with van der Waals surface area (Å²) in [5.41, 5.74) is -0.586. The van der Waals surface area contributed by atoms with Crippen LogP contribution in [0.4, 0.5) is 10.5 Å². The second kappa shape index (κ2) is 10.7. The largest absolute Gasteiger partial charge is 0.444 e. The van der Waals surface area contributed by atoms with Gasteiger partial charge in [-0.25, -0.2) is 22.9 Å². The lowest BCUT2D eigenvalue weighted by atomic mass is 10.1. The van der Waals surface area contributed by atoms with Crippen LogP contribution >= 0.6 is 0 Å². The van der Waals surface area contributed by atoms with E-state index in [0.29, 0.717) is 5.69 Å². The Kier molecular flexibility index (Phi) is 6.91. The van der Waals surface area contributed by atoms with Gasteiger partial charge in [0, 0.05) is 30.9 Å². The molecule has 0 saturated heterocycles. The number of aromatic nitrogens is 2. The second-order valence-electron chi connectivity index (χ2n) is 11.7. The van der Waals surface area contributed by atoms with Gasteiger partial charge in [-0.1, -0.05) is 0 Å². The van der Waals surface area contributed by atoms with Gasteiger partial charge in [-0.3, -0.25) is 14.4 Å². The van der Waals surface area contributed by atoms with Crippen LogP contribution in [0.1, 0.15) is 59.2 Å². The van der Waals surface area contributed by atoms with Crippen LogP contribution in [0.2, 0.25) is 0 Å². The van der Waals surface area contributed by atoms with Gasteiger partial charge in [-0.05, 0) is 58.7 Å². The summed E-state index contributed by atoms with van der Waals surface area (Å²) in [6, 6.07) is 3.84. The van der Waals surface area contributed by atoms with Crippen molar-refractivity contribution in [2.24, 2.45) is 12.0 Å². The first kappa shape index (κ1) is 26.4. The van der Waals surface area contributed by atoms with E-state index in [-0.39, 0.29) is 48.3 Å². The van der Waals surface area contributed by atoms with Crippen molar-refractivity contribution in [3.63, 3.8) is 0 Å². The molecule has 1 aromatic carbocycles. The first-order valence-electron chi connectivity index (χ1n) is 14.4. The van der Waals surface area contributed by atoms with Crippen LogP contribution < -0.4 is 14.9 Å². The SMILES string of the molecule is [2H]C([2H])(c1cnn(C)c1)N1C(=O)c2cc(S(=O)(=O)NC3(C)CC3)ccc2N2C1=NCC2COCCNC(=O)OC(C)(C)C. The van der Waals surface area contributed by atoms with Crippen molar-refractivity contribution in [1.82, 2.24) is 24.7 Å². The fraction of sp³-hybridized carbons (Fsp3) is 0.556. The smallest absolute Gasteiger partial charge is 0.407 e. The lowest BCUT2D eigenvalue weighted by molar-refractivity contribution is 0.0496. The molecule has 14 heteroatoms. The molecule has 1 atom stereocenters. The lowest BCUT2D eigenvalue weighted by Gasteiger charge is -2.38. The molecule has 2 aliphatic heterocycles. The summed E-state index contributed by atoms with van der Waals surface area (Å²) in [6.07, 6.45) is 3.69. The molecule has 5 rings (SSSR count). The number of ether oxygens (including phenoxy) is 2. The summed E-state index contributed by atoms with van der Waals surface area (Å²) < 4.78 is 59.5. The number of amides is 2. The molecule has 13 nitrogen and oxygen atoms in total. The number of aryl methyl sites for hydroxylation is 1. The van der Waals surface area contributed by atoms with E-state index < -0.39 is 45.7 Å². The Morgan fingerprint density at radius 2 is 2.05 bits per heavy atom. The normalized spacial score (nSPS) is 20.6. The van der Waals surface area contributed by atoms with Crippen LogP contribution in [0.3, 0.4) is 0 Å². The number of hydrogen-bond donors (Lipinski definition) is 2. The summed E-state index contributed by atoms with van der Waals surface area (Å²) in [7, 11) is -2.29. The summed E-state index contributed by atoms with van der Waals surface area (Å²) in [6.45, 7) is 5.47. The number of carbonyl (C=O) groups excluding carboxylic acids is 2. The van der Waals surface area contributed by atoms with E-state index in [1.54, 1.807) is 38.8 Å². The highest BCUT2D eigenvalue weighted by Gasteiger charge is 2.44. The zero-order chi connectivity index (χ0) is 31.4. The Labute approximate surface area is 242 Å². The predicted octanol–water partition coefficient (Wildman–Crippen LogP) is 1.99. The number of hydrogen-bond acceptors (Lipinski definition) is 9. The number of alkyl carbamates (subject to hydrolysis) is 1. The van der Waals surface area contributed by atoms with Crippen LogP contribution in [0, 0.1) is 0 Å². The molecule has 2 N–H and O–H groups in total. The molecule has 222 valence electrons. The number of benzene rings is 1. The number of sulfonamides is 1. The van der Waals surface area contributed by atoms with E-state index in [1.807, 2.05) is 6.92 Å². The first-order valence-corrected chi connectivity index (χ1v) is 14.9. The number of anilines is 1. The molecule has 3 heterocycles. The number of carbonyl (C=O) groups is 2. The van der Waals surface area contributed by atoms with E-state index >= 15 is 0 Å². The molecular weight excluding hydrogens is 550 g/mol. The zero-order valence-electron chi connectivity index (χ0n) is 25.8. The van der Waals surface area contributed by atoms with Crippen molar-refractivity contribution in [3.05, 3.63) is 41.7 Å². The Morgan fingerprint density at radius 1 is 1.29 bits per heavy atom. The Balaban J connectivity index is 1.41. The standard InChI is InChI=1S/C27H37N7O6S/c1-26(2,3)40-25(36)28-10-11-39-17-19-14-29-24-33(16-18-13-30-32(5)15-18)23(35)21-12-20(6-7-22(21)34(19)24)41(37,38)31-27(4)8-9-27/h6-7,12-13,15,19,31H,8-11,14,16-17H2,1-5H3,(H,28,36)/i16D2. The maximum atomic E-state index is 14.0. The van der Waals surface area contributed by atoms with E-state index in [0.717, 1.165) is 17.7 Å². The first-order chi connectivity index (χ1) is 20.0. The number of fused-ring (bicyclic) bond motifs is 3. The molecule has 1 saturated carbocycles. The van der Waals surface area contributed by atoms with Gasteiger partial charge in [0.05, 0.1) is 57.4 Å². The summed E-state index contributed by atoms with van der Waals surface area (Å²) in [4.78, 5) is 33.0. The average molecular weight is 590 g/mol. The van der Waals surface area contributed by atoms with Gasteiger partial charge in [0.25, 0.3) is 5.91 Å². The van der Waals surface area contributed by atoms with Gasteiger partial charge in [0.1, 0.15) is 5.60 Å². The lowest BCUT2D eigenvalue weighted by Crippen LogP contribution is -2.53. The van der Waals surface area contributed by atoms with E-state index in [2.05, 4.69) is 20.1 Å². The summed E-state index contributed by atoms with van der Waals surface area (Å²) in [5.74, 6) is -0.636. The van der Waals surface area contributed by atoms with E-state index in [9.17, 15) is 18.0 Å². The van der Waals surface area contributed by atoms with Gasteiger partial charge in [0.2, 0.25) is 16.0 Å². The molecule has 1 unspecified atom stereocenters. The molecule has 0 radical (unpaired) electrons. The Hall–Kier alpha value is -3.49. The second-order valence-corrected chi connectivity index (χ2v) is 13.4. The quantitative estimate of drug-likeness (QED) is 0.400. The molecular formula is C27H37N7O6S. The third kappa shape index (κ3) is 6.54. The number of aliphatic imine (C=N–C) groups is 1. The van der Waals surface area contributed by atoms with Crippen molar-refractivity contribution < 1.29 is 30.2 Å². The van der Waals surface area contributed by atoms with Crippen LogP contribution in [0.25, 0.3) is 0 Å². The Bertz CT molecular complexity index is 1570. The topological polar surface area (TPSA) is 147 Å². The van der Waals surface area contributed by atoms with Gasteiger partial charge in [0.15, 0.2) is 0 Å². The third-order valence-corrected chi connectivity index (χ3v) is 8.38. The van der Waals surface area contributed by atoms with Crippen LogP contribution in [0.5, 0.6) is 0 Å². The number of nitrogens with one attached hydrogen (secondary N) is 2. The van der Waals surface area contributed by atoms with Crippen molar-refractivity contribution in [1.29, 1.82) is 0 Å². The maximum Gasteiger partial charge on any atom is 0.407 e. The van der Waals surface area contributed by atoms with Crippen molar-refractivity contribution in [2.45, 2.75) is 69.1 Å². The highest BCUT2D eigenvalue weighted by atomic mass is 32.2. The molecule has 0 bridgehead atoms. The molecule has 41 heavy (non-hydrogen) atoms. The minimum Gasteiger partial charge on any atom is -0.444 e. The maximum absolute atomic E-state index is 14.0. The molecule has 2 amide bonds. The predicted molar refractivity (Wildman–Crippen MR) is 151 cm³/mol. The van der Waals surface area contributed by atoms with E-state index in [4.69, 9.17) is 12.2 Å². The molecule has 1 aromatic heterocycles. The molecule has 1 aliphatic carbocycles. The molecule has 1 fully saturated rings. The molecule has 0 spiro atoms. The zero-order valence-corrected chi connectivity index (χ0v) is 24.6. The fourth-order valence-electron chi connectivity index (χ4n) is 4.53. The molecule has 3 aliphatic rings. The average Bonchev–Trinajstić information content (AvgIpc) is 3.25. The monoisotopic (exact) mass is 589 g/mol. The highest BCUT2D eigenvalue weighted by Crippen LogP contribution is 2.38. The van der Waals surface area contributed by atoms with Gasteiger partial charge >= 0.3 is 6.09 Å². The van der Waals surface area contributed by atoms with Crippen molar-refractivity contribution in [2.75, 3.05) is 31.2 Å². The number of rotatable bonds is 10. The minimum atomic E-state index is -3.93. The van der Waals surface area contributed by atoms with Crippen molar-refractivity contribution in [3.8, 4) is 0 Å². The van der Waals surface area contributed by atoms with E-state index in [1.165, 1.54) is 29.2 Å². The molecule has 2 aromatic rings. The fourth-order valence-corrected chi connectivity index (χ4v) is 6.02. The van der Waals surface area contributed by atoms with Crippen LogP contribution in [-0.2, 0) is 33.0 Å². The Morgan fingerprint density at radius 3 is 2.71 bits per heavy atom. The summed E-state index contributed by atoms with van der Waals surface area (Å²) in [5, 5.41) is 6.69. The minimum absolute atomic E-state index is 0.0223. The van der Waals surface area contributed by atoms with Gasteiger partial charge in [-0.2, -0.15) is 5.10 Å².